The lowest BCUT2D eigenvalue weighted by atomic mass is 10.0. The van der Waals surface area contributed by atoms with E-state index in [0.29, 0.717) is 17.4 Å². The number of amides is 1. The van der Waals surface area contributed by atoms with Gasteiger partial charge in [-0.25, -0.2) is 0 Å². The summed E-state index contributed by atoms with van der Waals surface area (Å²) in [7, 11) is 0. The number of carbonyl (C=O) groups is 1. The first-order valence-corrected chi connectivity index (χ1v) is 8.88. The lowest BCUT2D eigenvalue weighted by molar-refractivity contribution is -0.122. The van der Waals surface area contributed by atoms with Crippen LogP contribution >= 0.6 is 0 Å². The summed E-state index contributed by atoms with van der Waals surface area (Å²) >= 11 is 0. The molecule has 0 aliphatic carbocycles. The molecule has 0 bridgehead atoms. The summed E-state index contributed by atoms with van der Waals surface area (Å²) in [5, 5.41) is 3.93. The number of fused-ring (bicyclic) bond motifs is 1. The van der Waals surface area contributed by atoms with Gasteiger partial charge in [0.05, 0.1) is 11.2 Å². The van der Waals surface area contributed by atoms with Gasteiger partial charge in [0.1, 0.15) is 5.75 Å². The van der Waals surface area contributed by atoms with Gasteiger partial charge in [-0.05, 0) is 49.6 Å². The molecule has 0 saturated carbocycles. The molecule has 3 rings (SSSR count). The molecular weight excluding hydrogens is 324 g/mol. The molecule has 26 heavy (non-hydrogen) atoms. The second-order valence-corrected chi connectivity index (χ2v) is 6.80. The summed E-state index contributed by atoms with van der Waals surface area (Å²) in [6.45, 7) is 7.97. The zero-order chi connectivity index (χ0) is 18.7. The van der Waals surface area contributed by atoms with E-state index in [2.05, 4.69) is 24.1 Å². The molecule has 134 valence electrons. The van der Waals surface area contributed by atoms with E-state index in [0.717, 1.165) is 16.6 Å². The van der Waals surface area contributed by atoms with Gasteiger partial charge in [-0.3, -0.25) is 9.78 Å². The molecule has 4 heteroatoms. The predicted octanol–water partition coefficient (Wildman–Crippen LogP) is 5.07. The number of anilines is 1. The second kappa shape index (κ2) is 7.56. The quantitative estimate of drug-likeness (QED) is 0.700. The van der Waals surface area contributed by atoms with Crippen LogP contribution in [-0.2, 0) is 4.79 Å². The number of ether oxygens (including phenoxy) is 1. The van der Waals surface area contributed by atoms with Gasteiger partial charge < -0.3 is 10.1 Å². The van der Waals surface area contributed by atoms with Crippen LogP contribution in [0.15, 0.2) is 54.6 Å². The average molecular weight is 348 g/mol. The molecule has 1 aromatic heterocycles. The second-order valence-electron chi connectivity index (χ2n) is 6.80. The topological polar surface area (TPSA) is 51.2 Å². The maximum absolute atomic E-state index is 12.6. The van der Waals surface area contributed by atoms with Crippen molar-refractivity contribution in [2.45, 2.75) is 39.7 Å². The van der Waals surface area contributed by atoms with Gasteiger partial charge in [0.2, 0.25) is 0 Å². The van der Waals surface area contributed by atoms with Gasteiger partial charge in [-0.15, -0.1) is 0 Å². The molecule has 1 N–H and O–H groups in total. The van der Waals surface area contributed by atoms with Crippen LogP contribution in [0, 0.1) is 6.92 Å². The Morgan fingerprint density at radius 1 is 1.00 bits per heavy atom. The van der Waals surface area contributed by atoms with Crippen molar-refractivity contribution >= 4 is 22.5 Å². The molecule has 2 aromatic carbocycles. The van der Waals surface area contributed by atoms with E-state index in [9.17, 15) is 4.79 Å². The molecule has 1 unspecified atom stereocenters. The smallest absolute Gasteiger partial charge is 0.265 e. The van der Waals surface area contributed by atoms with Gasteiger partial charge in [-0.2, -0.15) is 0 Å². The number of carbonyl (C=O) groups excluding carboxylic acids is 1. The van der Waals surface area contributed by atoms with Crippen LogP contribution in [0.1, 0.15) is 37.9 Å². The van der Waals surface area contributed by atoms with Crippen LogP contribution < -0.4 is 10.1 Å². The highest BCUT2D eigenvalue weighted by molar-refractivity contribution is 6.01. The van der Waals surface area contributed by atoms with Crippen molar-refractivity contribution in [1.82, 2.24) is 4.98 Å². The lowest BCUT2D eigenvalue weighted by Crippen LogP contribution is -2.30. The number of hydrogen-bond acceptors (Lipinski definition) is 3. The number of pyridine rings is 1. The normalized spacial score (nSPS) is 12.2. The first-order chi connectivity index (χ1) is 12.4. The van der Waals surface area contributed by atoms with Gasteiger partial charge in [0.15, 0.2) is 6.10 Å². The number of aromatic nitrogens is 1. The fraction of sp³-hybridized carbons (Fsp3) is 0.273. The number of aryl methyl sites for hydroxylation is 1. The zero-order valence-corrected chi connectivity index (χ0v) is 15.6. The van der Waals surface area contributed by atoms with Crippen molar-refractivity contribution in [2.24, 2.45) is 0 Å². The van der Waals surface area contributed by atoms with Crippen LogP contribution in [0.25, 0.3) is 10.9 Å². The van der Waals surface area contributed by atoms with Crippen molar-refractivity contribution < 1.29 is 9.53 Å². The minimum Gasteiger partial charge on any atom is -0.481 e. The third-order valence-corrected chi connectivity index (χ3v) is 4.35. The molecule has 1 atom stereocenters. The van der Waals surface area contributed by atoms with Gasteiger partial charge in [-0.1, -0.05) is 44.2 Å². The maximum atomic E-state index is 12.6. The minimum atomic E-state index is -0.611. The summed E-state index contributed by atoms with van der Waals surface area (Å²) in [5.41, 5.74) is 3.64. The Labute approximate surface area is 154 Å². The molecule has 0 fully saturated rings. The zero-order valence-electron chi connectivity index (χ0n) is 15.6. The Kier molecular flexibility index (Phi) is 5.21. The molecule has 0 spiro atoms. The molecular formula is C22H24N2O2. The first kappa shape index (κ1) is 17.9. The van der Waals surface area contributed by atoms with E-state index in [4.69, 9.17) is 4.74 Å². The summed E-state index contributed by atoms with van der Waals surface area (Å²) in [5.74, 6) is 0.949. The van der Waals surface area contributed by atoms with Crippen molar-refractivity contribution in [2.75, 3.05) is 5.32 Å². The summed E-state index contributed by atoms with van der Waals surface area (Å²) < 4.78 is 5.79. The van der Waals surface area contributed by atoms with E-state index < -0.39 is 6.10 Å². The molecule has 3 aromatic rings. The standard InChI is InChI=1S/C22H24N2O2/c1-14(2)17-10-12-19(13-11-17)26-16(4)22(25)24-20-7-5-6-18-9-8-15(3)23-21(18)20/h5-14,16H,1-4H3,(H,24,25). The average Bonchev–Trinajstić information content (AvgIpc) is 2.62. The monoisotopic (exact) mass is 348 g/mol. The highest BCUT2D eigenvalue weighted by atomic mass is 16.5. The van der Waals surface area contributed by atoms with Crippen LogP contribution in [0.2, 0.25) is 0 Å². The van der Waals surface area contributed by atoms with Crippen molar-refractivity contribution in [1.29, 1.82) is 0 Å². The number of rotatable bonds is 5. The van der Waals surface area contributed by atoms with Crippen LogP contribution in [0.5, 0.6) is 5.75 Å². The molecule has 1 heterocycles. The Morgan fingerprint density at radius 2 is 1.73 bits per heavy atom. The first-order valence-electron chi connectivity index (χ1n) is 8.88. The minimum absolute atomic E-state index is 0.200. The lowest BCUT2D eigenvalue weighted by Gasteiger charge is -2.16. The largest absolute Gasteiger partial charge is 0.481 e. The number of nitrogens with one attached hydrogen (secondary N) is 1. The van der Waals surface area contributed by atoms with Crippen LogP contribution in [0.3, 0.4) is 0 Å². The van der Waals surface area contributed by atoms with Crippen molar-refractivity contribution in [3.05, 3.63) is 65.9 Å². The van der Waals surface area contributed by atoms with Gasteiger partial charge >= 0.3 is 0 Å². The van der Waals surface area contributed by atoms with E-state index in [-0.39, 0.29) is 5.91 Å². The van der Waals surface area contributed by atoms with E-state index in [1.165, 1.54) is 5.56 Å². The van der Waals surface area contributed by atoms with Gasteiger partial charge in [0, 0.05) is 11.1 Å². The van der Waals surface area contributed by atoms with Crippen molar-refractivity contribution in [3.63, 3.8) is 0 Å². The third kappa shape index (κ3) is 4.02. The van der Waals surface area contributed by atoms with Crippen molar-refractivity contribution in [3.8, 4) is 5.75 Å². The number of para-hydroxylation sites is 1. The number of hydrogen-bond donors (Lipinski definition) is 1. The van der Waals surface area contributed by atoms with Crippen LogP contribution in [0.4, 0.5) is 5.69 Å². The Morgan fingerprint density at radius 3 is 2.42 bits per heavy atom. The summed E-state index contributed by atoms with van der Waals surface area (Å²) in [6, 6.07) is 17.6. The molecule has 0 saturated heterocycles. The summed E-state index contributed by atoms with van der Waals surface area (Å²) in [4.78, 5) is 17.1. The highest BCUT2D eigenvalue weighted by Crippen LogP contribution is 2.23. The molecule has 0 aliphatic rings. The predicted molar refractivity (Wildman–Crippen MR) is 106 cm³/mol. The number of nitrogens with zero attached hydrogens (tertiary/aromatic N) is 1. The third-order valence-electron chi connectivity index (χ3n) is 4.35. The Balaban J connectivity index is 1.72. The Hall–Kier alpha value is -2.88. The molecule has 0 radical (unpaired) electrons. The maximum Gasteiger partial charge on any atom is 0.265 e. The summed E-state index contributed by atoms with van der Waals surface area (Å²) in [6.07, 6.45) is -0.611. The highest BCUT2D eigenvalue weighted by Gasteiger charge is 2.16. The van der Waals surface area contributed by atoms with Crippen LogP contribution in [-0.4, -0.2) is 17.0 Å². The van der Waals surface area contributed by atoms with E-state index in [1.807, 2.05) is 61.5 Å². The number of benzene rings is 2. The van der Waals surface area contributed by atoms with E-state index in [1.54, 1.807) is 6.92 Å². The molecule has 4 nitrogen and oxygen atoms in total. The Bertz CT molecular complexity index is 917. The van der Waals surface area contributed by atoms with E-state index >= 15 is 0 Å². The fourth-order valence-corrected chi connectivity index (χ4v) is 2.77. The SMILES string of the molecule is Cc1ccc2cccc(NC(=O)C(C)Oc3ccc(C(C)C)cc3)c2n1. The molecule has 0 aliphatic heterocycles. The van der Waals surface area contributed by atoms with Gasteiger partial charge in [0.25, 0.3) is 5.91 Å². The molecule has 1 amide bonds. The fourth-order valence-electron chi connectivity index (χ4n) is 2.77.